The van der Waals surface area contributed by atoms with Crippen LogP contribution in [0.5, 0.6) is 5.75 Å². The minimum Gasteiger partial charge on any atom is -0.489 e. The van der Waals surface area contributed by atoms with Crippen LogP contribution in [0, 0.1) is 5.82 Å². The van der Waals surface area contributed by atoms with Crippen molar-refractivity contribution in [2.75, 3.05) is 6.61 Å². The Morgan fingerprint density at radius 3 is 2.79 bits per heavy atom. The smallest absolute Gasteiger partial charge is 0.145 e. The quantitative estimate of drug-likeness (QED) is 0.695. The van der Waals surface area contributed by atoms with Crippen molar-refractivity contribution in [2.24, 2.45) is 0 Å². The third kappa shape index (κ3) is 3.38. The molecule has 0 N–H and O–H groups in total. The Morgan fingerprint density at radius 2 is 2.21 bits per heavy atom. The van der Waals surface area contributed by atoms with E-state index in [0.717, 1.165) is 0 Å². The summed E-state index contributed by atoms with van der Waals surface area (Å²) in [7, 11) is 0. The van der Waals surface area contributed by atoms with Crippen LogP contribution in [-0.4, -0.2) is 6.61 Å². The number of hydrogen-bond acceptors (Lipinski definition) is 1. The normalized spacial score (nSPS) is 9.71. The van der Waals surface area contributed by atoms with Gasteiger partial charge in [0.1, 0.15) is 18.2 Å². The third-order valence-electron chi connectivity index (χ3n) is 1.63. The number of allylic oxidation sites excluding steroid dienone is 1. The van der Waals surface area contributed by atoms with Gasteiger partial charge in [0, 0.05) is 6.07 Å². The second-order valence-corrected chi connectivity index (χ2v) is 3.58. The molecule has 1 aromatic carbocycles. The first kappa shape index (κ1) is 11.1. The third-order valence-corrected chi connectivity index (χ3v) is 1.94. The van der Waals surface area contributed by atoms with Gasteiger partial charge in [-0.2, -0.15) is 0 Å². The molecule has 0 aliphatic carbocycles. The maximum absolute atomic E-state index is 12.9. The first-order valence-corrected chi connectivity index (χ1v) is 4.68. The Labute approximate surface area is 88.1 Å². The van der Waals surface area contributed by atoms with Crippen LogP contribution in [0.2, 0.25) is 5.02 Å². The Bertz CT molecular complexity index is 343. The topological polar surface area (TPSA) is 9.23 Å². The zero-order valence-corrected chi connectivity index (χ0v) is 8.94. The molecule has 0 atom stereocenters. The summed E-state index contributed by atoms with van der Waals surface area (Å²) in [6.45, 7) is 4.40. The molecule has 0 bridgehead atoms. The lowest BCUT2D eigenvalue weighted by Crippen LogP contribution is -1.94. The second kappa shape index (κ2) is 5.01. The van der Waals surface area contributed by atoms with Crippen LogP contribution in [-0.2, 0) is 0 Å². The van der Waals surface area contributed by atoms with Crippen molar-refractivity contribution in [3.8, 4) is 5.75 Å². The zero-order chi connectivity index (χ0) is 10.6. The maximum atomic E-state index is 12.9. The number of benzene rings is 1. The number of hydrogen-bond donors (Lipinski definition) is 0. The van der Waals surface area contributed by atoms with Gasteiger partial charge in [-0.25, -0.2) is 4.39 Å². The van der Waals surface area contributed by atoms with E-state index in [2.05, 4.69) is 0 Å². The molecule has 0 aliphatic heterocycles. The zero-order valence-electron chi connectivity index (χ0n) is 8.18. The molecule has 76 valence electrons. The summed E-state index contributed by atoms with van der Waals surface area (Å²) in [6.07, 6.45) is 1.92. The lowest BCUT2D eigenvalue weighted by molar-refractivity contribution is 0.359. The van der Waals surface area contributed by atoms with Gasteiger partial charge in [-0.15, -0.1) is 0 Å². The van der Waals surface area contributed by atoms with Gasteiger partial charge in [0.15, 0.2) is 0 Å². The van der Waals surface area contributed by atoms with E-state index in [9.17, 15) is 4.39 Å². The molecule has 0 aliphatic rings. The fraction of sp³-hybridized carbons (Fsp3) is 0.273. The van der Waals surface area contributed by atoms with Gasteiger partial charge in [0.05, 0.1) is 5.02 Å². The molecular weight excluding hydrogens is 203 g/mol. The Balaban J connectivity index is 2.60. The summed E-state index contributed by atoms with van der Waals surface area (Å²) >= 11 is 5.52. The molecule has 0 spiro atoms. The van der Waals surface area contributed by atoms with E-state index in [0.29, 0.717) is 12.4 Å². The minimum atomic E-state index is -0.457. The van der Waals surface area contributed by atoms with E-state index in [4.69, 9.17) is 16.3 Å². The Kier molecular flexibility index (Phi) is 3.96. The SMILES string of the molecule is CC(C)=CCOc1ccc(Cl)c(F)c1. The van der Waals surface area contributed by atoms with Crippen LogP contribution >= 0.6 is 11.6 Å². The van der Waals surface area contributed by atoms with Gasteiger partial charge in [-0.05, 0) is 32.1 Å². The van der Waals surface area contributed by atoms with Crippen molar-refractivity contribution in [3.05, 3.63) is 40.7 Å². The number of halogens is 2. The summed E-state index contributed by atoms with van der Waals surface area (Å²) in [6, 6.07) is 4.40. The van der Waals surface area contributed by atoms with E-state index < -0.39 is 5.82 Å². The average Bonchev–Trinajstić information content (AvgIpc) is 2.10. The van der Waals surface area contributed by atoms with Gasteiger partial charge in [-0.1, -0.05) is 17.2 Å². The predicted octanol–water partition coefficient (Wildman–Crippen LogP) is 3.82. The predicted molar refractivity (Wildman–Crippen MR) is 56.3 cm³/mol. The molecule has 3 heteroatoms. The monoisotopic (exact) mass is 214 g/mol. The molecule has 14 heavy (non-hydrogen) atoms. The number of rotatable bonds is 3. The molecule has 1 rings (SSSR count). The fourth-order valence-electron chi connectivity index (χ4n) is 0.871. The molecule has 1 nitrogen and oxygen atoms in total. The van der Waals surface area contributed by atoms with Crippen LogP contribution in [0.25, 0.3) is 0 Å². The minimum absolute atomic E-state index is 0.111. The van der Waals surface area contributed by atoms with E-state index in [1.165, 1.54) is 17.7 Å². The summed E-state index contributed by atoms with van der Waals surface area (Å²) in [5.41, 5.74) is 1.17. The highest BCUT2D eigenvalue weighted by atomic mass is 35.5. The largest absolute Gasteiger partial charge is 0.489 e. The Morgan fingerprint density at radius 1 is 1.50 bits per heavy atom. The summed E-state index contributed by atoms with van der Waals surface area (Å²) < 4.78 is 18.2. The van der Waals surface area contributed by atoms with Crippen LogP contribution in [0.1, 0.15) is 13.8 Å². The maximum Gasteiger partial charge on any atom is 0.145 e. The molecule has 0 heterocycles. The standard InChI is InChI=1S/C11H12ClFO/c1-8(2)5-6-14-9-3-4-10(12)11(13)7-9/h3-5,7H,6H2,1-2H3. The van der Waals surface area contributed by atoms with Crippen molar-refractivity contribution in [2.45, 2.75) is 13.8 Å². The van der Waals surface area contributed by atoms with E-state index in [1.54, 1.807) is 6.07 Å². The summed E-state index contributed by atoms with van der Waals surface area (Å²) in [5, 5.41) is 0.111. The summed E-state index contributed by atoms with van der Waals surface area (Å²) in [4.78, 5) is 0. The molecular formula is C11H12ClFO. The first-order valence-electron chi connectivity index (χ1n) is 4.31. The first-order chi connectivity index (χ1) is 6.59. The molecule has 1 aromatic rings. The molecule has 0 saturated heterocycles. The lowest BCUT2D eigenvalue weighted by Gasteiger charge is -2.03. The molecule has 0 radical (unpaired) electrons. The second-order valence-electron chi connectivity index (χ2n) is 3.17. The van der Waals surface area contributed by atoms with Crippen molar-refractivity contribution < 1.29 is 9.13 Å². The van der Waals surface area contributed by atoms with Crippen molar-refractivity contribution >= 4 is 11.6 Å². The van der Waals surface area contributed by atoms with Gasteiger partial charge < -0.3 is 4.74 Å². The van der Waals surface area contributed by atoms with Gasteiger partial charge in [0.2, 0.25) is 0 Å². The number of ether oxygens (including phenoxy) is 1. The highest BCUT2D eigenvalue weighted by Gasteiger charge is 2.00. The van der Waals surface area contributed by atoms with Gasteiger partial charge >= 0.3 is 0 Å². The van der Waals surface area contributed by atoms with Crippen molar-refractivity contribution in [3.63, 3.8) is 0 Å². The van der Waals surface area contributed by atoms with Crippen molar-refractivity contribution in [1.82, 2.24) is 0 Å². The van der Waals surface area contributed by atoms with Crippen LogP contribution in [0.15, 0.2) is 29.8 Å². The molecule has 0 aromatic heterocycles. The fourth-order valence-corrected chi connectivity index (χ4v) is 0.989. The highest BCUT2D eigenvalue weighted by Crippen LogP contribution is 2.20. The van der Waals surface area contributed by atoms with Crippen LogP contribution < -0.4 is 4.74 Å². The summed E-state index contributed by atoms with van der Waals surface area (Å²) in [5.74, 6) is 0.0331. The Hall–Kier alpha value is -1.02. The highest BCUT2D eigenvalue weighted by molar-refractivity contribution is 6.30. The lowest BCUT2D eigenvalue weighted by atomic mass is 10.3. The van der Waals surface area contributed by atoms with Gasteiger partial charge in [0.25, 0.3) is 0 Å². The van der Waals surface area contributed by atoms with Crippen LogP contribution in [0.4, 0.5) is 4.39 Å². The molecule has 0 saturated carbocycles. The van der Waals surface area contributed by atoms with E-state index >= 15 is 0 Å². The van der Waals surface area contributed by atoms with Crippen LogP contribution in [0.3, 0.4) is 0 Å². The van der Waals surface area contributed by atoms with Gasteiger partial charge in [-0.3, -0.25) is 0 Å². The average molecular weight is 215 g/mol. The van der Waals surface area contributed by atoms with Crippen molar-refractivity contribution in [1.29, 1.82) is 0 Å². The van der Waals surface area contributed by atoms with E-state index in [1.807, 2.05) is 19.9 Å². The molecule has 0 amide bonds. The molecule has 0 unspecified atom stereocenters. The molecule has 0 fully saturated rings. The van der Waals surface area contributed by atoms with E-state index in [-0.39, 0.29) is 5.02 Å².